The van der Waals surface area contributed by atoms with Gasteiger partial charge < -0.3 is 9.80 Å². The first-order chi connectivity index (χ1) is 10.0. The van der Waals surface area contributed by atoms with E-state index >= 15 is 0 Å². The lowest BCUT2D eigenvalue weighted by atomic mass is 10.1. The van der Waals surface area contributed by atoms with Crippen LogP contribution in [0.5, 0.6) is 0 Å². The molecule has 0 saturated carbocycles. The van der Waals surface area contributed by atoms with Crippen LogP contribution >= 0.6 is 11.3 Å². The second-order valence-electron chi connectivity index (χ2n) is 6.11. The maximum atomic E-state index is 12.7. The molecule has 118 valence electrons. The van der Waals surface area contributed by atoms with E-state index in [-0.39, 0.29) is 24.2 Å². The zero-order valence-electron chi connectivity index (χ0n) is 13.5. The van der Waals surface area contributed by atoms with E-state index in [2.05, 4.69) is 60.6 Å². The van der Waals surface area contributed by atoms with Crippen LogP contribution in [0, 0.1) is 0 Å². The minimum absolute atomic E-state index is 0.0242. The summed E-state index contributed by atoms with van der Waals surface area (Å²) in [5.74, 6) is 0.265. The van der Waals surface area contributed by atoms with E-state index in [0.717, 1.165) is 25.8 Å². The molecule has 3 atom stereocenters. The Morgan fingerprint density at radius 3 is 2.81 bits per heavy atom. The van der Waals surface area contributed by atoms with Gasteiger partial charge in [0.15, 0.2) is 0 Å². The lowest BCUT2D eigenvalue weighted by Crippen LogP contribution is -2.39. The second kappa shape index (κ2) is 7.38. The Balaban J connectivity index is 2.14. The maximum Gasteiger partial charge on any atom is 0.241 e. The van der Waals surface area contributed by atoms with Crippen LogP contribution in [0.15, 0.2) is 17.5 Å². The summed E-state index contributed by atoms with van der Waals surface area (Å²) in [6.07, 6.45) is 2.99. The molecule has 1 fully saturated rings. The van der Waals surface area contributed by atoms with E-state index < -0.39 is 0 Å². The molecule has 0 spiro atoms. The van der Waals surface area contributed by atoms with Gasteiger partial charge >= 0.3 is 0 Å². The normalized spacial score (nSPS) is 24.0. The molecule has 0 aliphatic carbocycles. The maximum absolute atomic E-state index is 12.7. The first-order valence-electron chi connectivity index (χ1n) is 7.81. The Labute approximate surface area is 132 Å². The number of nitrogens with one attached hydrogen (secondary N) is 1. The van der Waals surface area contributed by atoms with Crippen LogP contribution in [-0.2, 0) is 4.79 Å². The van der Waals surface area contributed by atoms with Crippen LogP contribution < -0.4 is 5.32 Å². The van der Waals surface area contributed by atoms with Crippen LogP contribution in [-0.4, -0.2) is 48.4 Å². The van der Waals surface area contributed by atoms with Crippen molar-refractivity contribution in [1.29, 1.82) is 0 Å². The van der Waals surface area contributed by atoms with Crippen molar-refractivity contribution >= 4 is 17.2 Å². The molecule has 0 radical (unpaired) electrons. The third-order valence-corrected chi connectivity index (χ3v) is 4.97. The van der Waals surface area contributed by atoms with Gasteiger partial charge in [-0.25, -0.2) is 0 Å². The summed E-state index contributed by atoms with van der Waals surface area (Å²) in [5, 5.41) is 5.62. The highest BCUT2D eigenvalue weighted by molar-refractivity contribution is 7.10. The SMILES string of the molecule is CCCC1NC(c2cccs2)N(C(C)CCN(C)C)C1=O. The second-order valence-corrected chi connectivity index (χ2v) is 7.09. The summed E-state index contributed by atoms with van der Waals surface area (Å²) < 4.78 is 0. The average Bonchev–Trinajstić information content (AvgIpc) is 3.05. The van der Waals surface area contributed by atoms with Crippen LogP contribution in [0.3, 0.4) is 0 Å². The Kier molecular flexibility index (Phi) is 5.79. The van der Waals surface area contributed by atoms with Gasteiger partial charge in [0.25, 0.3) is 0 Å². The van der Waals surface area contributed by atoms with E-state index in [1.807, 2.05) is 0 Å². The van der Waals surface area contributed by atoms with Crippen molar-refractivity contribution in [2.24, 2.45) is 0 Å². The van der Waals surface area contributed by atoms with Crippen molar-refractivity contribution in [2.75, 3.05) is 20.6 Å². The highest BCUT2D eigenvalue weighted by Crippen LogP contribution is 2.32. The van der Waals surface area contributed by atoms with Crippen molar-refractivity contribution in [2.45, 2.75) is 51.4 Å². The van der Waals surface area contributed by atoms with Crippen LogP contribution in [0.2, 0.25) is 0 Å². The summed E-state index contributed by atoms with van der Waals surface area (Å²) in [7, 11) is 4.15. The molecule has 1 saturated heterocycles. The van der Waals surface area contributed by atoms with Crippen LogP contribution in [0.4, 0.5) is 0 Å². The largest absolute Gasteiger partial charge is 0.318 e. The van der Waals surface area contributed by atoms with E-state index in [0.29, 0.717) is 0 Å². The fourth-order valence-corrected chi connectivity index (χ4v) is 3.65. The number of nitrogens with zero attached hydrogens (tertiary/aromatic N) is 2. The number of thiophene rings is 1. The minimum atomic E-state index is -0.0242. The Morgan fingerprint density at radius 1 is 1.48 bits per heavy atom. The summed E-state index contributed by atoms with van der Waals surface area (Å²) in [4.78, 5) is 18.2. The zero-order valence-corrected chi connectivity index (χ0v) is 14.3. The highest BCUT2D eigenvalue weighted by Gasteiger charge is 2.41. The molecule has 2 rings (SSSR count). The first-order valence-corrected chi connectivity index (χ1v) is 8.69. The summed E-state index contributed by atoms with van der Waals surface area (Å²) in [6.45, 7) is 5.30. The molecule has 4 nitrogen and oxygen atoms in total. The van der Waals surface area contributed by atoms with Crippen molar-refractivity contribution in [3.05, 3.63) is 22.4 Å². The van der Waals surface area contributed by atoms with E-state index in [9.17, 15) is 4.79 Å². The molecule has 21 heavy (non-hydrogen) atoms. The molecule has 1 aromatic rings. The van der Waals surface area contributed by atoms with Gasteiger partial charge in [0.1, 0.15) is 6.17 Å². The molecule has 1 amide bonds. The minimum Gasteiger partial charge on any atom is -0.318 e. The molecular weight excluding hydrogens is 282 g/mol. The molecule has 1 aromatic heterocycles. The quantitative estimate of drug-likeness (QED) is 0.841. The van der Waals surface area contributed by atoms with Crippen LogP contribution in [0.25, 0.3) is 0 Å². The summed E-state index contributed by atoms with van der Waals surface area (Å²) in [6, 6.07) is 4.41. The number of carbonyl (C=O) groups is 1. The topological polar surface area (TPSA) is 35.6 Å². The summed E-state index contributed by atoms with van der Waals surface area (Å²) >= 11 is 1.72. The molecule has 2 heterocycles. The van der Waals surface area contributed by atoms with Crippen molar-refractivity contribution in [3.8, 4) is 0 Å². The number of carbonyl (C=O) groups excluding carboxylic acids is 1. The van der Waals surface area contributed by atoms with Crippen LogP contribution in [0.1, 0.15) is 44.2 Å². The molecule has 0 bridgehead atoms. The van der Waals surface area contributed by atoms with E-state index in [4.69, 9.17) is 0 Å². The zero-order chi connectivity index (χ0) is 15.4. The first kappa shape index (κ1) is 16.5. The third-order valence-electron chi connectivity index (χ3n) is 4.05. The molecule has 0 aromatic carbocycles. The van der Waals surface area contributed by atoms with Gasteiger partial charge in [-0.3, -0.25) is 10.1 Å². The third kappa shape index (κ3) is 3.84. The average molecular weight is 309 g/mol. The fraction of sp³-hybridized carbons (Fsp3) is 0.688. The lowest BCUT2D eigenvalue weighted by molar-refractivity contribution is -0.132. The molecule has 5 heteroatoms. The van der Waals surface area contributed by atoms with Crippen molar-refractivity contribution < 1.29 is 4.79 Å². The van der Waals surface area contributed by atoms with Gasteiger partial charge in [-0.2, -0.15) is 0 Å². The van der Waals surface area contributed by atoms with Crippen molar-refractivity contribution in [3.63, 3.8) is 0 Å². The summed E-state index contributed by atoms with van der Waals surface area (Å²) in [5.41, 5.74) is 0. The van der Waals surface area contributed by atoms with Gasteiger partial charge in [0.2, 0.25) is 5.91 Å². The predicted octanol–water partition coefficient (Wildman–Crippen LogP) is 2.69. The number of rotatable bonds is 7. The number of hydrogen-bond donors (Lipinski definition) is 1. The Morgan fingerprint density at radius 2 is 2.24 bits per heavy atom. The van der Waals surface area contributed by atoms with Crippen molar-refractivity contribution in [1.82, 2.24) is 15.1 Å². The van der Waals surface area contributed by atoms with E-state index in [1.165, 1.54) is 4.88 Å². The molecule has 1 aliphatic heterocycles. The Hall–Kier alpha value is -0.910. The molecule has 1 N–H and O–H groups in total. The van der Waals surface area contributed by atoms with Gasteiger partial charge in [-0.1, -0.05) is 19.4 Å². The van der Waals surface area contributed by atoms with Gasteiger partial charge in [0.05, 0.1) is 6.04 Å². The Bertz CT molecular complexity index is 446. The predicted molar refractivity (Wildman–Crippen MR) is 88.4 cm³/mol. The van der Waals surface area contributed by atoms with Gasteiger partial charge in [0, 0.05) is 10.9 Å². The lowest BCUT2D eigenvalue weighted by Gasteiger charge is -2.30. The standard InChI is InChI=1S/C16H27N3OS/c1-5-7-13-16(20)19(12(2)9-10-18(3)4)15(17-13)14-8-6-11-21-14/h6,8,11-13,15,17H,5,7,9-10H2,1-4H3. The van der Waals surface area contributed by atoms with Gasteiger partial charge in [-0.15, -0.1) is 11.3 Å². The number of hydrogen-bond acceptors (Lipinski definition) is 4. The molecular formula is C16H27N3OS. The number of amides is 1. The fourth-order valence-electron chi connectivity index (χ4n) is 2.87. The smallest absolute Gasteiger partial charge is 0.241 e. The molecule has 3 unspecified atom stereocenters. The monoisotopic (exact) mass is 309 g/mol. The highest BCUT2D eigenvalue weighted by atomic mass is 32.1. The van der Waals surface area contributed by atoms with Gasteiger partial charge in [-0.05, 0) is 51.9 Å². The van der Waals surface area contributed by atoms with E-state index in [1.54, 1.807) is 11.3 Å². The molecule has 1 aliphatic rings.